The number of ether oxygens (including phenoxy) is 1. The molecular weight excluding hydrogens is 242 g/mol. The van der Waals surface area contributed by atoms with Crippen molar-refractivity contribution in [2.24, 2.45) is 11.8 Å². The van der Waals surface area contributed by atoms with Crippen LogP contribution in [-0.2, 0) is 0 Å². The first kappa shape index (κ1) is 12.3. The first-order chi connectivity index (χ1) is 9.19. The largest absolute Gasteiger partial charge is 0.507 e. The molecule has 102 valence electrons. The van der Waals surface area contributed by atoms with Crippen LogP contribution >= 0.6 is 0 Å². The third-order valence-electron chi connectivity index (χ3n) is 4.45. The maximum atomic E-state index is 12.4. The summed E-state index contributed by atoms with van der Waals surface area (Å²) in [5, 5.41) is 9.93. The van der Waals surface area contributed by atoms with Crippen LogP contribution in [0.25, 0.3) is 0 Å². The van der Waals surface area contributed by atoms with Gasteiger partial charge in [0.25, 0.3) is 5.91 Å². The van der Waals surface area contributed by atoms with Gasteiger partial charge < -0.3 is 14.7 Å². The predicted octanol–water partition coefficient (Wildman–Crippen LogP) is 2.27. The van der Waals surface area contributed by atoms with E-state index in [-0.39, 0.29) is 11.7 Å². The number of phenols is 1. The van der Waals surface area contributed by atoms with Crippen LogP contribution in [0.15, 0.2) is 18.2 Å². The summed E-state index contributed by atoms with van der Waals surface area (Å²) in [6, 6.07) is 4.85. The zero-order valence-corrected chi connectivity index (χ0v) is 11.1. The summed E-state index contributed by atoms with van der Waals surface area (Å²) in [6.45, 7) is 1.68. The molecule has 2 aliphatic rings. The lowest BCUT2D eigenvalue weighted by atomic mass is 10.0. The van der Waals surface area contributed by atoms with Gasteiger partial charge in [-0.3, -0.25) is 4.79 Å². The molecule has 4 heteroatoms. The van der Waals surface area contributed by atoms with Crippen LogP contribution in [0, 0.1) is 11.8 Å². The van der Waals surface area contributed by atoms with E-state index in [1.807, 2.05) is 4.90 Å². The van der Waals surface area contributed by atoms with Crippen LogP contribution < -0.4 is 4.74 Å². The summed E-state index contributed by atoms with van der Waals surface area (Å²) in [5.41, 5.74) is 0.376. The van der Waals surface area contributed by atoms with Crippen LogP contribution in [0.3, 0.4) is 0 Å². The zero-order valence-electron chi connectivity index (χ0n) is 11.1. The molecule has 1 saturated carbocycles. The number of hydrogen-bond acceptors (Lipinski definition) is 3. The lowest BCUT2D eigenvalue weighted by Crippen LogP contribution is -2.29. The average Bonchev–Trinajstić information content (AvgIpc) is 2.98. The number of nitrogens with zero attached hydrogens (tertiary/aromatic N) is 1. The molecule has 0 radical (unpaired) electrons. The second kappa shape index (κ2) is 4.76. The Kier molecular flexibility index (Phi) is 3.09. The van der Waals surface area contributed by atoms with Gasteiger partial charge in [0.2, 0.25) is 0 Å². The Morgan fingerprint density at radius 3 is 2.58 bits per heavy atom. The van der Waals surface area contributed by atoms with E-state index in [2.05, 4.69) is 0 Å². The number of fused-ring (bicyclic) bond motifs is 1. The molecule has 4 nitrogen and oxygen atoms in total. The van der Waals surface area contributed by atoms with Crippen molar-refractivity contribution < 1.29 is 14.6 Å². The van der Waals surface area contributed by atoms with Gasteiger partial charge in [0, 0.05) is 19.2 Å². The molecule has 0 aromatic heterocycles. The molecule has 1 heterocycles. The van der Waals surface area contributed by atoms with Gasteiger partial charge in [-0.25, -0.2) is 0 Å². The highest BCUT2D eigenvalue weighted by atomic mass is 16.5. The standard InChI is InChI=1S/C15H19NO3/c1-19-12-5-6-13(14(17)7-12)15(18)16-8-10-3-2-4-11(10)9-16/h5-7,10-11,17H,2-4,8-9H2,1H3. The van der Waals surface area contributed by atoms with Gasteiger partial charge in [-0.1, -0.05) is 6.42 Å². The lowest BCUT2D eigenvalue weighted by molar-refractivity contribution is 0.0777. The van der Waals surface area contributed by atoms with E-state index in [0.717, 1.165) is 13.1 Å². The first-order valence-electron chi connectivity index (χ1n) is 6.85. The van der Waals surface area contributed by atoms with E-state index >= 15 is 0 Å². The van der Waals surface area contributed by atoms with Crippen molar-refractivity contribution in [3.8, 4) is 11.5 Å². The SMILES string of the molecule is COc1ccc(C(=O)N2CC3CCCC3C2)c(O)c1. The fraction of sp³-hybridized carbons (Fsp3) is 0.533. The molecule has 2 unspecified atom stereocenters. The summed E-state index contributed by atoms with van der Waals surface area (Å²) < 4.78 is 5.03. The van der Waals surface area contributed by atoms with E-state index < -0.39 is 0 Å². The number of benzene rings is 1. The summed E-state index contributed by atoms with van der Waals surface area (Å²) in [6.07, 6.45) is 3.78. The highest BCUT2D eigenvalue weighted by molar-refractivity contribution is 5.97. The van der Waals surface area contributed by atoms with Crippen LogP contribution in [0.5, 0.6) is 11.5 Å². The summed E-state index contributed by atoms with van der Waals surface area (Å²) >= 11 is 0. The number of carbonyl (C=O) groups excluding carboxylic acids is 1. The minimum absolute atomic E-state index is 0.00131. The molecule has 1 amide bonds. The van der Waals surface area contributed by atoms with Crippen molar-refractivity contribution in [1.29, 1.82) is 0 Å². The van der Waals surface area contributed by atoms with Crippen LogP contribution in [-0.4, -0.2) is 36.1 Å². The molecule has 1 aromatic carbocycles. The van der Waals surface area contributed by atoms with Gasteiger partial charge in [0.05, 0.1) is 12.7 Å². The van der Waals surface area contributed by atoms with E-state index in [1.165, 1.54) is 32.4 Å². The zero-order chi connectivity index (χ0) is 13.4. The molecule has 0 spiro atoms. The van der Waals surface area contributed by atoms with Crippen molar-refractivity contribution in [2.75, 3.05) is 20.2 Å². The van der Waals surface area contributed by atoms with Crippen molar-refractivity contribution >= 4 is 5.91 Å². The van der Waals surface area contributed by atoms with E-state index in [4.69, 9.17) is 4.74 Å². The fourth-order valence-electron chi connectivity index (χ4n) is 3.39. The maximum Gasteiger partial charge on any atom is 0.257 e. The molecule has 1 aromatic rings. The Balaban J connectivity index is 1.77. The third kappa shape index (κ3) is 2.15. The molecule has 3 rings (SSSR count). The number of carbonyl (C=O) groups is 1. The summed E-state index contributed by atoms with van der Waals surface area (Å²) in [7, 11) is 1.54. The van der Waals surface area contributed by atoms with E-state index in [1.54, 1.807) is 12.1 Å². The molecule has 0 bridgehead atoms. The number of rotatable bonds is 2. The average molecular weight is 261 g/mol. The number of methoxy groups -OCH3 is 1. The number of amides is 1. The van der Waals surface area contributed by atoms with Gasteiger partial charge in [0.15, 0.2) is 0 Å². The number of likely N-dealkylation sites (tertiary alicyclic amines) is 1. The van der Waals surface area contributed by atoms with Gasteiger partial charge >= 0.3 is 0 Å². The quantitative estimate of drug-likeness (QED) is 0.888. The van der Waals surface area contributed by atoms with Crippen LogP contribution in [0.2, 0.25) is 0 Å². The molecule has 2 fully saturated rings. The van der Waals surface area contributed by atoms with E-state index in [9.17, 15) is 9.90 Å². The highest BCUT2D eigenvalue weighted by Gasteiger charge is 2.38. The maximum absolute atomic E-state index is 12.4. The molecule has 1 aliphatic heterocycles. The van der Waals surface area contributed by atoms with Crippen molar-refractivity contribution in [3.05, 3.63) is 23.8 Å². The van der Waals surface area contributed by atoms with Gasteiger partial charge in [0.1, 0.15) is 11.5 Å². The first-order valence-corrected chi connectivity index (χ1v) is 6.85. The summed E-state index contributed by atoms with van der Waals surface area (Å²) in [5.74, 6) is 1.84. The van der Waals surface area contributed by atoms with Gasteiger partial charge in [-0.15, -0.1) is 0 Å². The monoisotopic (exact) mass is 261 g/mol. The van der Waals surface area contributed by atoms with Gasteiger partial charge in [-0.05, 0) is 36.8 Å². The van der Waals surface area contributed by atoms with Crippen LogP contribution in [0.1, 0.15) is 29.6 Å². The second-order valence-electron chi connectivity index (χ2n) is 5.54. The minimum atomic E-state index is -0.0606. The second-order valence-corrected chi connectivity index (χ2v) is 5.54. The smallest absolute Gasteiger partial charge is 0.257 e. The normalized spacial score (nSPS) is 25.4. The Morgan fingerprint density at radius 1 is 1.32 bits per heavy atom. The Labute approximate surface area is 113 Å². The minimum Gasteiger partial charge on any atom is -0.507 e. The molecule has 1 N–H and O–H groups in total. The van der Waals surface area contributed by atoms with Crippen molar-refractivity contribution in [3.63, 3.8) is 0 Å². The molecule has 1 aliphatic carbocycles. The molecule has 2 atom stereocenters. The van der Waals surface area contributed by atoms with Crippen molar-refractivity contribution in [2.45, 2.75) is 19.3 Å². The number of phenolic OH excluding ortho intramolecular Hbond substituents is 1. The highest BCUT2D eigenvalue weighted by Crippen LogP contribution is 2.38. The van der Waals surface area contributed by atoms with E-state index in [0.29, 0.717) is 23.1 Å². The number of hydrogen-bond donors (Lipinski definition) is 1. The fourth-order valence-corrected chi connectivity index (χ4v) is 3.39. The molecule has 1 saturated heterocycles. The Morgan fingerprint density at radius 2 is 2.00 bits per heavy atom. The molecular formula is C15H19NO3. The van der Waals surface area contributed by atoms with Gasteiger partial charge in [-0.2, -0.15) is 0 Å². The predicted molar refractivity (Wildman–Crippen MR) is 71.4 cm³/mol. The lowest BCUT2D eigenvalue weighted by Gasteiger charge is -2.18. The van der Waals surface area contributed by atoms with Crippen LogP contribution in [0.4, 0.5) is 0 Å². The number of aromatic hydroxyl groups is 1. The Bertz CT molecular complexity index is 488. The Hall–Kier alpha value is -1.71. The van der Waals surface area contributed by atoms with Crippen molar-refractivity contribution in [1.82, 2.24) is 4.90 Å². The molecule has 19 heavy (non-hydrogen) atoms. The third-order valence-corrected chi connectivity index (χ3v) is 4.45. The summed E-state index contributed by atoms with van der Waals surface area (Å²) in [4.78, 5) is 14.3. The topological polar surface area (TPSA) is 49.8 Å².